The minimum atomic E-state index is -0.773. The summed E-state index contributed by atoms with van der Waals surface area (Å²) in [6.07, 6.45) is 0. The van der Waals surface area contributed by atoms with Crippen molar-refractivity contribution in [3.63, 3.8) is 0 Å². The van der Waals surface area contributed by atoms with E-state index in [-0.39, 0.29) is 67.5 Å². The van der Waals surface area contributed by atoms with Gasteiger partial charge in [-0.25, -0.2) is 0 Å². The third-order valence-electron chi connectivity index (χ3n) is 9.36. The van der Waals surface area contributed by atoms with Gasteiger partial charge in [0.05, 0.1) is 62.2 Å². The lowest BCUT2D eigenvalue weighted by Gasteiger charge is -2.21. The van der Waals surface area contributed by atoms with E-state index in [2.05, 4.69) is 0 Å². The van der Waals surface area contributed by atoms with Crippen LogP contribution in [0.4, 0.5) is 0 Å². The molecule has 0 N–H and O–H groups in total. The molecule has 0 bridgehead atoms. The van der Waals surface area contributed by atoms with Crippen LogP contribution in [0.25, 0.3) is 88.4 Å². The van der Waals surface area contributed by atoms with Crippen LogP contribution in [-0.4, -0.2) is 9.13 Å². The van der Waals surface area contributed by atoms with Gasteiger partial charge in [0.1, 0.15) is 0 Å². The Hall–Kier alpha value is -6.64. The fraction of sp³-hybridized carbons (Fsp3) is 0.0400. The molecule has 0 spiro atoms. The fourth-order valence-corrected chi connectivity index (χ4v) is 7.02. The normalized spacial score (nSPS) is 17.3. The molecule has 0 saturated carbocycles. The number of rotatable bonds is 5. The van der Waals surface area contributed by atoms with Crippen molar-refractivity contribution in [1.82, 2.24) is 9.13 Å². The third kappa shape index (κ3) is 4.65. The number of aromatic nitrogens is 2. The van der Waals surface area contributed by atoms with Gasteiger partial charge in [-0.15, -0.1) is 0 Å². The van der Waals surface area contributed by atoms with Gasteiger partial charge in [-0.3, -0.25) is 0 Å². The summed E-state index contributed by atoms with van der Waals surface area (Å²) in [6, 6.07) is 0.947. The van der Waals surface area contributed by atoms with E-state index >= 15 is 0 Å². The van der Waals surface area contributed by atoms with Crippen molar-refractivity contribution in [1.29, 1.82) is 0 Å². The van der Waals surface area contributed by atoms with Gasteiger partial charge >= 0.3 is 0 Å². The average Bonchev–Trinajstić information content (AvgIpc) is 3.92. The minimum Gasteiger partial charge on any atom is -0.309 e. The average molecular weight is 686 g/mol. The summed E-state index contributed by atoms with van der Waals surface area (Å²) in [6.45, 7) is 3.31. The van der Waals surface area contributed by atoms with Gasteiger partial charge in [-0.1, -0.05) is 133 Å². The Balaban J connectivity index is 1.51. The third-order valence-corrected chi connectivity index (χ3v) is 9.36. The molecule has 0 aliphatic heterocycles. The summed E-state index contributed by atoms with van der Waals surface area (Å²) in [4.78, 5) is 0. The second-order valence-corrected chi connectivity index (χ2v) is 12.2. The van der Waals surface area contributed by atoms with Crippen LogP contribution in [-0.2, 0) is 0 Å². The lowest BCUT2D eigenvalue weighted by molar-refractivity contribution is 1.17. The Morgan fingerprint density at radius 3 is 1.69 bits per heavy atom. The molecule has 246 valence electrons. The monoisotopic (exact) mass is 685 g/mol. The number of fused-ring (bicyclic) bond motifs is 6. The van der Waals surface area contributed by atoms with E-state index in [4.69, 9.17) is 19.2 Å². The molecular formula is C50H36N2. The van der Waals surface area contributed by atoms with Crippen molar-refractivity contribution >= 4 is 43.6 Å². The maximum Gasteiger partial charge on any atom is 0.0648 e. The molecule has 0 fully saturated rings. The first-order chi connectivity index (χ1) is 34.4. The molecule has 0 aliphatic rings. The second-order valence-electron chi connectivity index (χ2n) is 12.2. The van der Waals surface area contributed by atoms with Gasteiger partial charge in [-0.2, -0.15) is 0 Å². The molecule has 0 aliphatic carbocycles. The van der Waals surface area contributed by atoms with Crippen molar-refractivity contribution in [2.75, 3.05) is 0 Å². The van der Waals surface area contributed by atoms with E-state index in [9.17, 15) is 9.60 Å². The van der Waals surface area contributed by atoms with Crippen LogP contribution in [0, 0.1) is 13.8 Å². The maximum atomic E-state index is 9.55. The topological polar surface area (TPSA) is 9.86 Å². The maximum absolute atomic E-state index is 9.55. The first-order valence-electron chi connectivity index (χ1n) is 26.8. The predicted octanol–water partition coefficient (Wildman–Crippen LogP) is 13.5. The largest absolute Gasteiger partial charge is 0.309 e. The van der Waals surface area contributed by atoms with Crippen molar-refractivity contribution in [3.8, 4) is 44.8 Å². The number of hydrogen-bond acceptors (Lipinski definition) is 0. The van der Waals surface area contributed by atoms with Crippen molar-refractivity contribution in [2.24, 2.45) is 0 Å². The second kappa shape index (κ2) is 12.0. The molecule has 2 nitrogen and oxygen atoms in total. The highest BCUT2D eigenvalue weighted by Gasteiger charge is 2.24. The molecule has 0 atom stereocenters. The molecule has 2 aromatic heterocycles. The van der Waals surface area contributed by atoms with Crippen LogP contribution in [0.15, 0.2) is 181 Å². The van der Waals surface area contributed by atoms with Gasteiger partial charge in [0, 0.05) is 32.7 Å². The molecule has 2 heterocycles. The van der Waals surface area contributed by atoms with E-state index in [1.54, 1.807) is 60.9 Å². The summed E-state index contributed by atoms with van der Waals surface area (Å²) >= 11 is 0. The zero-order valence-corrected chi connectivity index (χ0v) is 27.6. The van der Waals surface area contributed by atoms with Crippen molar-refractivity contribution in [2.45, 2.75) is 13.8 Å². The summed E-state index contributed by atoms with van der Waals surface area (Å²) in [7, 11) is 0. The summed E-state index contributed by atoms with van der Waals surface area (Å²) in [5, 5.41) is 0.880. The molecule has 52 heavy (non-hydrogen) atoms. The van der Waals surface area contributed by atoms with Crippen molar-refractivity contribution in [3.05, 3.63) is 193 Å². The first kappa shape index (κ1) is 15.7. The van der Waals surface area contributed by atoms with E-state index in [0.717, 1.165) is 0 Å². The van der Waals surface area contributed by atoms with Crippen molar-refractivity contribution < 1.29 is 28.8 Å². The van der Waals surface area contributed by atoms with E-state index < -0.39 is 131 Å². The summed E-state index contributed by atoms with van der Waals surface area (Å²) < 4.78 is 191. The van der Waals surface area contributed by atoms with Gasteiger partial charge in [-0.05, 0) is 95.7 Å². The number of hydrogen-bond donors (Lipinski definition) is 0. The SMILES string of the molecule is [2H]c1c([2H])c([2H])c(-c2cc(-c3c([2H])c([2H])c([2H])c([2H])c3[2H])c(-n3c4ccccc4c4c(-n5c6c([2H])c([2H])c([2H])c([2H])c6c6c([2H])c(C)c(C)c([2H])c65)cccc43)c(-c3c([2H])c([2H])c([2H])c([2H])c3[2H])c2)c([2H])c1[2H]. The summed E-state index contributed by atoms with van der Waals surface area (Å²) in [5.74, 6) is 0. The van der Waals surface area contributed by atoms with Crippen LogP contribution in [0.2, 0.25) is 0 Å². The quantitative estimate of drug-likeness (QED) is 0.171. The molecule has 0 unspecified atom stereocenters. The van der Waals surface area contributed by atoms with E-state index in [0.29, 0.717) is 27.4 Å². The van der Waals surface area contributed by atoms with Crippen LogP contribution in [0.1, 0.15) is 39.9 Å². The zero-order chi connectivity index (χ0) is 53.0. The predicted molar refractivity (Wildman–Crippen MR) is 221 cm³/mol. The molecule has 0 amide bonds. The minimum absolute atomic E-state index is 0.00137. The molecule has 0 radical (unpaired) electrons. The van der Waals surface area contributed by atoms with Gasteiger partial charge in [0.15, 0.2) is 0 Å². The highest BCUT2D eigenvalue weighted by molar-refractivity contribution is 6.17. The molecular weight excluding hydrogens is 629 g/mol. The highest BCUT2D eigenvalue weighted by atomic mass is 15.0. The Labute approximate surface area is 333 Å². The first-order valence-corrected chi connectivity index (χ1v) is 16.3. The number of para-hydroxylation sites is 2. The van der Waals surface area contributed by atoms with Gasteiger partial charge in [0.2, 0.25) is 0 Å². The van der Waals surface area contributed by atoms with Crippen LogP contribution >= 0.6 is 0 Å². The van der Waals surface area contributed by atoms with Crippen LogP contribution in [0.3, 0.4) is 0 Å². The lowest BCUT2D eigenvalue weighted by Crippen LogP contribution is -2.02. The van der Waals surface area contributed by atoms with Crippen LogP contribution < -0.4 is 0 Å². The van der Waals surface area contributed by atoms with Gasteiger partial charge in [0.25, 0.3) is 0 Å². The Kier molecular flexibility index (Phi) is 3.63. The number of nitrogens with zero attached hydrogens (tertiary/aromatic N) is 2. The Morgan fingerprint density at radius 1 is 0.423 bits per heavy atom. The Morgan fingerprint density at radius 2 is 1.00 bits per heavy atom. The Bertz CT molecular complexity index is 3940. The molecule has 0 saturated heterocycles. The molecule has 2 heteroatoms. The summed E-state index contributed by atoms with van der Waals surface area (Å²) in [5.41, 5.74) is -0.477. The molecule has 8 aromatic carbocycles. The lowest BCUT2D eigenvalue weighted by atomic mass is 9.90. The smallest absolute Gasteiger partial charge is 0.0648 e. The molecule has 10 rings (SSSR count). The fourth-order valence-electron chi connectivity index (χ4n) is 7.02. The van der Waals surface area contributed by atoms with Crippen LogP contribution in [0.5, 0.6) is 0 Å². The standard InChI is InChI=1S/C50H36N2/c1-33-29-43-39-23-12-14-25-44(39)51(48(43)30-34(33)2)46-27-16-28-47-49(46)40-24-13-15-26-45(40)52(47)50-41(36-19-8-4-9-20-36)31-38(35-17-6-3-7-18-35)32-42(50)37-21-10-5-11-22-37/h3-32H,1-2H3/i3D,4D,5D,6D,7D,8D,9D,10D,11D,12D,14D,17D,18D,19D,20D,21D,22D,23D,25D,29D,30D. The highest BCUT2D eigenvalue weighted by Crippen LogP contribution is 2.46. The van der Waals surface area contributed by atoms with E-state index in [1.165, 1.54) is 16.7 Å². The van der Waals surface area contributed by atoms with Gasteiger partial charge < -0.3 is 9.13 Å². The molecule has 10 aromatic rings. The van der Waals surface area contributed by atoms with E-state index in [1.807, 2.05) is 0 Å². The zero-order valence-electron chi connectivity index (χ0n) is 48.6. The number of benzene rings is 8.